The molecule has 0 radical (unpaired) electrons. The van der Waals surface area contributed by atoms with E-state index < -0.39 is 5.60 Å². The summed E-state index contributed by atoms with van der Waals surface area (Å²) < 4.78 is 0. The summed E-state index contributed by atoms with van der Waals surface area (Å²) in [6, 6.07) is 5.39. The van der Waals surface area contributed by atoms with E-state index in [0.29, 0.717) is 23.0 Å². The Morgan fingerprint density at radius 3 is 2.75 bits per heavy atom. The Labute approximate surface area is 125 Å². The lowest BCUT2D eigenvalue weighted by Gasteiger charge is -2.35. The molecule has 3 nitrogen and oxygen atoms in total. The Balaban J connectivity index is 1.97. The predicted octanol–water partition coefficient (Wildman–Crippen LogP) is 3.32. The molecule has 1 aromatic carbocycles. The van der Waals surface area contributed by atoms with Crippen LogP contribution in [0.1, 0.15) is 48.5 Å². The minimum Gasteiger partial charge on any atom is -0.388 e. The zero-order valence-electron chi connectivity index (χ0n) is 12.1. The third-order valence-electron chi connectivity index (χ3n) is 4.22. The molecule has 2 rings (SSSR count). The van der Waals surface area contributed by atoms with Crippen molar-refractivity contribution in [1.29, 1.82) is 0 Å². The van der Waals surface area contributed by atoms with Gasteiger partial charge in [0.25, 0.3) is 5.91 Å². The van der Waals surface area contributed by atoms with E-state index in [1.54, 1.807) is 6.07 Å². The molecule has 1 saturated carbocycles. The molecule has 0 atom stereocenters. The number of halogens is 1. The topological polar surface area (TPSA) is 49.3 Å². The highest BCUT2D eigenvalue weighted by Gasteiger charge is 2.32. The summed E-state index contributed by atoms with van der Waals surface area (Å²) >= 11 is 6.14. The Morgan fingerprint density at radius 1 is 1.45 bits per heavy atom. The SMILES string of the molecule is Cc1cccc(C(=O)NCC2(O)CCC(C)CC2)c1Cl. The van der Waals surface area contributed by atoms with E-state index in [1.165, 1.54) is 0 Å². The van der Waals surface area contributed by atoms with Gasteiger partial charge in [-0.2, -0.15) is 0 Å². The zero-order chi connectivity index (χ0) is 14.8. The maximum atomic E-state index is 12.2. The van der Waals surface area contributed by atoms with Gasteiger partial charge < -0.3 is 10.4 Å². The number of carbonyl (C=O) groups is 1. The first kappa shape index (κ1) is 15.3. The van der Waals surface area contributed by atoms with Gasteiger partial charge in [0.1, 0.15) is 0 Å². The minimum atomic E-state index is -0.765. The summed E-state index contributed by atoms with van der Waals surface area (Å²) in [6.45, 7) is 4.36. The van der Waals surface area contributed by atoms with E-state index >= 15 is 0 Å². The maximum Gasteiger partial charge on any atom is 0.252 e. The number of aryl methyl sites for hydroxylation is 1. The number of hydrogen-bond acceptors (Lipinski definition) is 2. The maximum absolute atomic E-state index is 12.2. The normalized spacial score (nSPS) is 26.3. The fourth-order valence-electron chi connectivity index (χ4n) is 2.64. The number of amides is 1. The van der Waals surface area contributed by atoms with Crippen molar-refractivity contribution in [2.24, 2.45) is 5.92 Å². The smallest absolute Gasteiger partial charge is 0.252 e. The lowest BCUT2D eigenvalue weighted by Crippen LogP contribution is -2.45. The largest absolute Gasteiger partial charge is 0.388 e. The van der Waals surface area contributed by atoms with Crippen LogP contribution in [-0.2, 0) is 0 Å². The summed E-state index contributed by atoms with van der Waals surface area (Å²) in [7, 11) is 0. The first-order valence-corrected chi connectivity index (χ1v) is 7.55. The molecular formula is C16H22ClNO2. The highest BCUT2D eigenvalue weighted by molar-refractivity contribution is 6.34. The quantitative estimate of drug-likeness (QED) is 0.899. The van der Waals surface area contributed by atoms with Crippen molar-refractivity contribution >= 4 is 17.5 Å². The van der Waals surface area contributed by atoms with E-state index in [1.807, 2.05) is 19.1 Å². The molecule has 4 heteroatoms. The number of aliphatic hydroxyl groups is 1. The summed E-state index contributed by atoms with van der Waals surface area (Å²) in [4.78, 5) is 12.2. The second-order valence-corrected chi connectivity index (χ2v) is 6.40. The molecule has 2 N–H and O–H groups in total. The van der Waals surface area contributed by atoms with Crippen LogP contribution in [0.4, 0.5) is 0 Å². The van der Waals surface area contributed by atoms with E-state index in [-0.39, 0.29) is 5.91 Å². The van der Waals surface area contributed by atoms with Crippen molar-refractivity contribution in [3.05, 3.63) is 34.3 Å². The minimum absolute atomic E-state index is 0.217. The molecule has 1 aliphatic rings. The molecule has 0 aliphatic heterocycles. The second kappa shape index (κ2) is 6.15. The summed E-state index contributed by atoms with van der Waals surface area (Å²) in [6.07, 6.45) is 3.52. The van der Waals surface area contributed by atoms with Crippen LogP contribution in [0.2, 0.25) is 5.02 Å². The molecule has 1 amide bonds. The van der Waals surface area contributed by atoms with Crippen LogP contribution in [0.15, 0.2) is 18.2 Å². The molecule has 0 saturated heterocycles. The van der Waals surface area contributed by atoms with Crippen LogP contribution in [-0.4, -0.2) is 23.2 Å². The van der Waals surface area contributed by atoms with Crippen LogP contribution < -0.4 is 5.32 Å². The Bertz CT molecular complexity index is 493. The average Bonchev–Trinajstić information content (AvgIpc) is 2.43. The van der Waals surface area contributed by atoms with Crippen molar-refractivity contribution in [3.63, 3.8) is 0 Å². The van der Waals surface area contributed by atoms with E-state index in [9.17, 15) is 9.90 Å². The van der Waals surface area contributed by atoms with Crippen LogP contribution >= 0.6 is 11.6 Å². The van der Waals surface area contributed by atoms with Gasteiger partial charge in [-0.25, -0.2) is 0 Å². The van der Waals surface area contributed by atoms with Crippen molar-refractivity contribution in [1.82, 2.24) is 5.32 Å². The standard InChI is InChI=1S/C16H22ClNO2/c1-11-6-8-16(20,9-7-11)10-18-15(19)13-5-3-4-12(2)14(13)17/h3-5,11,20H,6-10H2,1-2H3,(H,18,19). The van der Waals surface area contributed by atoms with Gasteiger partial charge in [-0.05, 0) is 50.2 Å². The molecule has 0 bridgehead atoms. The molecule has 0 spiro atoms. The molecule has 110 valence electrons. The average molecular weight is 296 g/mol. The van der Waals surface area contributed by atoms with Crippen LogP contribution in [0.5, 0.6) is 0 Å². The van der Waals surface area contributed by atoms with Crippen LogP contribution in [0, 0.1) is 12.8 Å². The lowest BCUT2D eigenvalue weighted by molar-refractivity contribution is -0.00539. The van der Waals surface area contributed by atoms with Gasteiger partial charge in [-0.15, -0.1) is 0 Å². The monoisotopic (exact) mass is 295 g/mol. The first-order chi connectivity index (χ1) is 9.41. The highest BCUT2D eigenvalue weighted by Crippen LogP contribution is 2.31. The van der Waals surface area contributed by atoms with Gasteiger partial charge in [0, 0.05) is 6.54 Å². The summed E-state index contributed by atoms with van der Waals surface area (Å²) in [5.41, 5.74) is 0.585. The number of nitrogens with one attached hydrogen (secondary N) is 1. The zero-order valence-corrected chi connectivity index (χ0v) is 12.8. The molecule has 0 aromatic heterocycles. The Hall–Kier alpha value is -1.06. The van der Waals surface area contributed by atoms with Crippen molar-refractivity contribution in [3.8, 4) is 0 Å². The Morgan fingerprint density at radius 2 is 2.10 bits per heavy atom. The van der Waals surface area contributed by atoms with Gasteiger partial charge in [0.05, 0.1) is 16.2 Å². The van der Waals surface area contributed by atoms with Gasteiger partial charge >= 0.3 is 0 Å². The third kappa shape index (κ3) is 3.53. The van der Waals surface area contributed by atoms with Crippen molar-refractivity contribution in [2.45, 2.75) is 45.1 Å². The molecule has 1 fully saturated rings. The van der Waals surface area contributed by atoms with Gasteiger partial charge in [-0.1, -0.05) is 30.7 Å². The molecule has 1 aromatic rings. The molecule has 0 unspecified atom stereocenters. The Kier molecular flexibility index (Phi) is 4.71. The third-order valence-corrected chi connectivity index (χ3v) is 4.72. The van der Waals surface area contributed by atoms with E-state index in [2.05, 4.69) is 12.2 Å². The van der Waals surface area contributed by atoms with Gasteiger partial charge in [-0.3, -0.25) is 4.79 Å². The summed E-state index contributed by atoms with van der Waals surface area (Å²) in [5, 5.41) is 13.8. The van der Waals surface area contributed by atoms with E-state index in [0.717, 1.165) is 31.2 Å². The first-order valence-electron chi connectivity index (χ1n) is 7.17. The van der Waals surface area contributed by atoms with Crippen molar-refractivity contribution in [2.75, 3.05) is 6.54 Å². The molecular weight excluding hydrogens is 274 g/mol. The number of rotatable bonds is 3. The van der Waals surface area contributed by atoms with E-state index in [4.69, 9.17) is 11.6 Å². The summed E-state index contributed by atoms with van der Waals surface area (Å²) in [5.74, 6) is 0.447. The fourth-order valence-corrected chi connectivity index (χ4v) is 2.85. The highest BCUT2D eigenvalue weighted by atomic mass is 35.5. The molecule has 20 heavy (non-hydrogen) atoms. The number of benzene rings is 1. The number of carbonyl (C=O) groups excluding carboxylic acids is 1. The molecule has 1 aliphatic carbocycles. The van der Waals surface area contributed by atoms with Crippen molar-refractivity contribution < 1.29 is 9.90 Å². The predicted molar refractivity (Wildman–Crippen MR) is 81.1 cm³/mol. The number of hydrogen-bond donors (Lipinski definition) is 2. The lowest BCUT2D eigenvalue weighted by atomic mass is 9.79. The van der Waals surface area contributed by atoms with Gasteiger partial charge in [0.15, 0.2) is 0 Å². The van der Waals surface area contributed by atoms with Gasteiger partial charge in [0.2, 0.25) is 0 Å². The van der Waals surface area contributed by atoms with Crippen LogP contribution in [0.25, 0.3) is 0 Å². The fraction of sp³-hybridized carbons (Fsp3) is 0.562. The molecule has 0 heterocycles. The second-order valence-electron chi connectivity index (χ2n) is 6.03. The van der Waals surface area contributed by atoms with Crippen LogP contribution in [0.3, 0.4) is 0 Å².